The molecule has 1 aromatic heterocycles. The van der Waals surface area contributed by atoms with Gasteiger partial charge in [0.1, 0.15) is 24.0 Å². The Balaban J connectivity index is 1.89. The third-order valence-electron chi connectivity index (χ3n) is 3.91. The van der Waals surface area contributed by atoms with Gasteiger partial charge in [-0.1, -0.05) is 6.07 Å². The molecule has 7 heteroatoms. The van der Waals surface area contributed by atoms with Gasteiger partial charge in [-0.2, -0.15) is 10.4 Å². The van der Waals surface area contributed by atoms with E-state index < -0.39 is 11.7 Å². The smallest absolute Gasteiger partial charge is 0.239 e. The Kier molecular flexibility index (Phi) is 3.98. The Morgan fingerprint density at radius 1 is 1.57 bits per heavy atom. The Labute approximate surface area is 132 Å². The van der Waals surface area contributed by atoms with Gasteiger partial charge in [0.05, 0.1) is 17.4 Å². The number of nitriles is 1. The van der Waals surface area contributed by atoms with Crippen LogP contribution in [-0.4, -0.2) is 15.7 Å². The van der Waals surface area contributed by atoms with Gasteiger partial charge in [0, 0.05) is 6.20 Å². The van der Waals surface area contributed by atoms with Crippen molar-refractivity contribution in [2.24, 2.45) is 5.73 Å². The van der Waals surface area contributed by atoms with Gasteiger partial charge in [0.15, 0.2) is 0 Å². The summed E-state index contributed by atoms with van der Waals surface area (Å²) in [6.07, 6.45) is 4.47. The van der Waals surface area contributed by atoms with Crippen molar-refractivity contribution < 1.29 is 9.18 Å². The summed E-state index contributed by atoms with van der Waals surface area (Å²) in [6.45, 7) is 0.0309. The maximum atomic E-state index is 13.7. The predicted molar refractivity (Wildman–Crippen MR) is 81.8 cm³/mol. The molecule has 1 aromatic carbocycles. The topological polar surface area (TPSA) is 96.7 Å². The highest BCUT2D eigenvalue weighted by molar-refractivity contribution is 5.73. The first-order chi connectivity index (χ1) is 11.1. The van der Waals surface area contributed by atoms with Crippen LogP contribution in [0.4, 0.5) is 10.1 Å². The molecule has 1 atom stereocenters. The lowest BCUT2D eigenvalue weighted by molar-refractivity contribution is -0.118. The molecule has 2 aromatic rings. The number of rotatable bonds is 4. The minimum atomic E-state index is -0.548. The number of anilines is 1. The molecule has 0 bridgehead atoms. The van der Waals surface area contributed by atoms with Gasteiger partial charge in [-0.05, 0) is 37.0 Å². The molecule has 3 N–H and O–H groups in total. The van der Waals surface area contributed by atoms with Gasteiger partial charge < -0.3 is 11.1 Å². The van der Waals surface area contributed by atoms with E-state index in [4.69, 9.17) is 11.0 Å². The first-order valence-corrected chi connectivity index (χ1v) is 7.38. The van der Waals surface area contributed by atoms with Crippen molar-refractivity contribution in [1.29, 1.82) is 5.26 Å². The quantitative estimate of drug-likeness (QED) is 0.900. The van der Waals surface area contributed by atoms with Crippen molar-refractivity contribution in [2.75, 3.05) is 5.32 Å². The van der Waals surface area contributed by atoms with Crippen LogP contribution >= 0.6 is 0 Å². The Bertz CT molecular complexity index is 792. The molecule has 23 heavy (non-hydrogen) atoms. The Morgan fingerprint density at radius 3 is 3.13 bits per heavy atom. The Morgan fingerprint density at radius 2 is 2.39 bits per heavy atom. The molecular weight excluding hydrogens is 297 g/mol. The van der Waals surface area contributed by atoms with Crippen molar-refractivity contribution in [3.8, 4) is 6.07 Å². The summed E-state index contributed by atoms with van der Waals surface area (Å²) in [6, 6.07) is 6.26. The predicted octanol–water partition coefficient (Wildman–Crippen LogP) is 1.87. The van der Waals surface area contributed by atoms with E-state index in [1.165, 1.54) is 10.7 Å². The van der Waals surface area contributed by atoms with Gasteiger partial charge in [0.25, 0.3) is 0 Å². The molecule has 0 fully saturated rings. The molecule has 118 valence electrons. The molecule has 1 aliphatic rings. The van der Waals surface area contributed by atoms with Crippen LogP contribution in [0.5, 0.6) is 0 Å². The fourth-order valence-electron chi connectivity index (χ4n) is 2.92. The molecule has 6 nitrogen and oxygen atoms in total. The van der Waals surface area contributed by atoms with Crippen LogP contribution in [-0.2, 0) is 17.8 Å². The number of carbonyl (C=O) groups excluding carboxylic acids is 1. The number of hydrogen-bond acceptors (Lipinski definition) is 4. The van der Waals surface area contributed by atoms with Gasteiger partial charge in [-0.25, -0.2) is 4.39 Å². The molecule has 0 radical (unpaired) electrons. The van der Waals surface area contributed by atoms with Crippen molar-refractivity contribution in [2.45, 2.75) is 31.8 Å². The summed E-state index contributed by atoms with van der Waals surface area (Å²) in [5.41, 5.74) is 7.52. The van der Waals surface area contributed by atoms with Crippen LogP contribution in [0.2, 0.25) is 0 Å². The maximum Gasteiger partial charge on any atom is 0.239 e. The van der Waals surface area contributed by atoms with E-state index in [0.29, 0.717) is 5.69 Å². The average molecular weight is 313 g/mol. The number of nitrogens with two attached hydrogens (primary N) is 1. The molecular formula is C16H16FN5O. The van der Waals surface area contributed by atoms with Crippen molar-refractivity contribution in [3.63, 3.8) is 0 Å². The summed E-state index contributed by atoms with van der Waals surface area (Å²) in [4.78, 5) is 11.0. The number of benzene rings is 1. The lowest BCUT2D eigenvalue weighted by atomic mass is 9.93. The average Bonchev–Trinajstić information content (AvgIpc) is 2.90. The summed E-state index contributed by atoms with van der Waals surface area (Å²) < 4.78 is 15.2. The fourth-order valence-corrected chi connectivity index (χ4v) is 2.92. The van der Waals surface area contributed by atoms with Gasteiger partial charge in [-0.3, -0.25) is 9.48 Å². The van der Waals surface area contributed by atoms with Crippen molar-refractivity contribution >= 4 is 11.6 Å². The van der Waals surface area contributed by atoms with E-state index in [9.17, 15) is 9.18 Å². The standard InChI is InChI=1S/C16H16FN5O/c17-12-4-2-5-13(11(12)7-18)20-14-6-1-3-10-8-22(9-15(19)23)21-16(10)14/h2,4-5,8,14,20H,1,3,6,9H2,(H2,19,23). The highest BCUT2D eigenvalue weighted by atomic mass is 19.1. The summed E-state index contributed by atoms with van der Waals surface area (Å²) in [7, 11) is 0. The molecule has 0 saturated carbocycles. The number of nitrogens with one attached hydrogen (secondary N) is 1. The summed E-state index contributed by atoms with van der Waals surface area (Å²) in [5, 5.41) is 16.8. The zero-order chi connectivity index (χ0) is 16.4. The van der Waals surface area contributed by atoms with Crippen LogP contribution in [0.1, 0.15) is 35.7 Å². The zero-order valence-electron chi connectivity index (χ0n) is 12.4. The van der Waals surface area contributed by atoms with Crippen molar-refractivity contribution in [3.05, 3.63) is 47.0 Å². The number of carbonyl (C=O) groups is 1. The second-order valence-corrected chi connectivity index (χ2v) is 5.57. The molecule has 1 aliphatic carbocycles. The molecule has 3 rings (SSSR count). The minimum absolute atomic E-state index is 0.00353. The fraction of sp³-hybridized carbons (Fsp3) is 0.312. The maximum absolute atomic E-state index is 13.7. The van der Waals surface area contributed by atoms with Crippen LogP contribution in [0.25, 0.3) is 0 Å². The van der Waals surface area contributed by atoms with Crippen molar-refractivity contribution in [1.82, 2.24) is 9.78 Å². The first kappa shape index (κ1) is 15.0. The number of nitrogens with zero attached hydrogens (tertiary/aromatic N) is 3. The highest BCUT2D eigenvalue weighted by Gasteiger charge is 2.25. The van der Waals surface area contributed by atoms with E-state index in [0.717, 1.165) is 30.5 Å². The second-order valence-electron chi connectivity index (χ2n) is 5.57. The molecule has 0 spiro atoms. The number of aryl methyl sites for hydroxylation is 1. The third-order valence-corrected chi connectivity index (χ3v) is 3.91. The first-order valence-electron chi connectivity index (χ1n) is 7.38. The largest absolute Gasteiger partial charge is 0.375 e. The molecule has 1 unspecified atom stereocenters. The van der Waals surface area contributed by atoms with E-state index in [-0.39, 0.29) is 18.2 Å². The summed E-state index contributed by atoms with van der Waals surface area (Å²) >= 11 is 0. The van der Waals surface area contributed by atoms with E-state index in [2.05, 4.69) is 10.4 Å². The Hall–Kier alpha value is -2.88. The number of aromatic nitrogens is 2. The lowest BCUT2D eigenvalue weighted by Gasteiger charge is -2.23. The van der Waals surface area contributed by atoms with Crippen LogP contribution in [0.3, 0.4) is 0 Å². The zero-order valence-corrected chi connectivity index (χ0v) is 12.4. The molecule has 0 saturated heterocycles. The number of primary amides is 1. The number of halogens is 1. The monoisotopic (exact) mass is 313 g/mol. The number of hydrogen-bond donors (Lipinski definition) is 2. The van der Waals surface area contributed by atoms with Crippen LogP contribution < -0.4 is 11.1 Å². The third kappa shape index (κ3) is 3.01. The van der Waals surface area contributed by atoms with E-state index in [1.54, 1.807) is 12.1 Å². The molecule has 1 heterocycles. The van der Waals surface area contributed by atoms with Gasteiger partial charge in [-0.15, -0.1) is 0 Å². The van der Waals surface area contributed by atoms with Gasteiger partial charge in [0.2, 0.25) is 5.91 Å². The van der Waals surface area contributed by atoms with Crippen LogP contribution in [0.15, 0.2) is 24.4 Å². The number of amides is 1. The lowest BCUT2D eigenvalue weighted by Crippen LogP contribution is -2.20. The molecule has 0 aliphatic heterocycles. The highest BCUT2D eigenvalue weighted by Crippen LogP contribution is 2.32. The van der Waals surface area contributed by atoms with E-state index >= 15 is 0 Å². The second kappa shape index (κ2) is 6.08. The molecule has 1 amide bonds. The normalized spacial score (nSPS) is 16.4. The minimum Gasteiger partial charge on any atom is -0.375 e. The van der Waals surface area contributed by atoms with Crippen LogP contribution in [0, 0.1) is 17.1 Å². The van der Waals surface area contributed by atoms with Gasteiger partial charge >= 0.3 is 0 Å². The number of fused-ring (bicyclic) bond motifs is 1. The SMILES string of the molecule is N#Cc1c(F)cccc1NC1CCCc2cn(CC(N)=O)nc21. The summed E-state index contributed by atoms with van der Waals surface area (Å²) in [5.74, 6) is -1.00. The van der Waals surface area contributed by atoms with E-state index in [1.807, 2.05) is 12.3 Å².